The van der Waals surface area contributed by atoms with Crippen LogP contribution in [0.2, 0.25) is 0 Å². The average Bonchev–Trinajstić information content (AvgIpc) is 3.33. The molecule has 1 aliphatic rings. The van der Waals surface area contributed by atoms with Crippen molar-refractivity contribution in [1.29, 1.82) is 0 Å². The molecule has 2 aromatic heterocycles. The third-order valence-corrected chi connectivity index (χ3v) is 6.51. The van der Waals surface area contributed by atoms with Crippen LogP contribution < -0.4 is 5.32 Å². The van der Waals surface area contributed by atoms with Gasteiger partial charge >= 0.3 is 6.18 Å². The Morgan fingerprint density at radius 3 is 2.53 bits per heavy atom. The van der Waals surface area contributed by atoms with Gasteiger partial charge in [0.25, 0.3) is 5.91 Å². The first kappa shape index (κ1) is 23.7. The van der Waals surface area contributed by atoms with Gasteiger partial charge in [0.05, 0.1) is 29.6 Å². The van der Waals surface area contributed by atoms with Gasteiger partial charge in [-0.3, -0.25) is 4.79 Å². The van der Waals surface area contributed by atoms with Gasteiger partial charge < -0.3 is 10.2 Å². The number of aryl methyl sites for hydroxylation is 1. The predicted octanol–water partition coefficient (Wildman–Crippen LogP) is 4.65. The highest BCUT2D eigenvalue weighted by Gasteiger charge is 2.34. The first-order valence-corrected chi connectivity index (χ1v) is 11.2. The highest BCUT2D eigenvalue weighted by Crippen LogP contribution is 2.30. The minimum absolute atomic E-state index is 0.117. The lowest BCUT2D eigenvalue weighted by atomic mass is 9.89. The van der Waals surface area contributed by atoms with Gasteiger partial charge in [0.15, 0.2) is 0 Å². The molecule has 34 heavy (non-hydrogen) atoms. The molecule has 0 aliphatic carbocycles. The minimum atomic E-state index is -4.43. The second-order valence-electron chi connectivity index (χ2n) is 8.72. The van der Waals surface area contributed by atoms with E-state index in [0.29, 0.717) is 30.2 Å². The van der Waals surface area contributed by atoms with Crippen LogP contribution in [-0.2, 0) is 6.18 Å². The molecular formula is C24H27F3N6O. The number of hydrogen-bond acceptors (Lipinski definition) is 5. The molecule has 0 saturated carbocycles. The Bertz CT molecular complexity index is 1140. The van der Waals surface area contributed by atoms with Crippen molar-refractivity contribution in [1.82, 2.24) is 24.9 Å². The zero-order valence-electron chi connectivity index (χ0n) is 19.3. The summed E-state index contributed by atoms with van der Waals surface area (Å²) < 4.78 is 38.5. The fourth-order valence-electron chi connectivity index (χ4n) is 4.41. The number of benzene rings is 1. The third kappa shape index (κ3) is 4.76. The summed E-state index contributed by atoms with van der Waals surface area (Å²) in [5.41, 5.74) is 2.34. The molecule has 7 nitrogen and oxygen atoms in total. The van der Waals surface area contributed by atoms with E-state index >= 15 is 0 Å². The van der Waals surface area contributed by atoms with Crippen molar-refractivity contribution in [2.45, 2.75) is 45.8 Å². The molecule has 0 radical (unpaired) electrons. The lowest BCUT2D eigenvalue weighted by molar-refractivity contribution is -0.137. The monoisotopic (exact) mass is 472 g/mol. The van der Waals surface area contributed by atoms with Crippen LogP contribution in [0.4, 0.5) is 19.0 Å². The first-order valence-electron chi connectivity index (χ1n) is 11.2. The summed E-state index contributed by atoms with van der Waals surface area (Å²) in [5.74, 6) is 0.428. The van der Waals surface area contributed by atoms with E-state index in [9.17, 15) is 18.0 Å². The molecule has 3 aromatic rings. The van der Waals surface area contributed by atoms with Gasteiger partial charge in [-0.2, -0.15) is 28.2 Å². The van der Waals surface area contributed by atoms with Crippen LogP contribution in [0.25, 0.3) is 5.69 Å². The first-order chi connectivity index (χ1) is 16.2. The highest BCUT2D eigenvalue weighted by atomic mass is 19.4. The lowest BCUT2D eigenvalue weighted by Gasteiger charge is -2.40. The molecule has 0 unspecified atom stereocenters. The van der Waals surface area contributed by atoms with Gasteiger partial charge in [-0.25, -0.2) is 4.98 Å². The van der Waals surface area contributed by atoms with Crippen LogP contribution in [0.15, 0.2) is 42.9 Å². The maximum Gasteiger partial charge on any atom is 0.417 e. The fourth-order valence-corrected chi connectivity index (χ4v) is 4.41. The Labute approximate surface area is 196 Å². The SMILES string of the molecule is Cc1ccc(C(=O)N2CCC[C@@H](C)[C@H]2CNc2ccc(C(F)(F)F)cn2)c(-n2nccn2)c1C. The molecule has 1 fully saturated rings. The molecule has 0 bridgehead atoms. The summed E-state index contributed by atoms with van der Waals surface area (Å²) in [7, 11) is 0. The van der Waals surface area contributed by atoms with E-state index < -0.39 is 11.7 Å². The highest BCUT2D eigenvalue weighted by molar-refractivity contribution is 5.98. The van der Waals surface area contributed by atoms with Crippen LogP contribution in [-0.4, -0.2) is 49.9 Å². The van der Waals surface area contributed by atoms with E-state index in [2.05, 4.69) is 27.4 Å². The van der Waals surface area contributed by atoms with Gasteiger partial charge in [-0.05, 0) is 61.9 Å². The molecule has 10 heteroatoms. The number of alkyl halides is 3. The summed E-state index contributed by atoms with van der Waals surface area (Å²) in [4.78, 5) is 21.0. The normalized spacial score (nSPS) is 18.7. The predicted molar refractivity (Wildman–Crippen MR) is 122 cm³/mol. The quantitative estimate of drug-likeness (QED) is 0.585. The van der Waals surface area contributed by atoms with E-state index in [1.807, 2.05) is 30.9 Å². The zero-order valence-corrected chi connectivity index (χ0v) is 19.3. The Morgan fingerprint density at radius 2 is 1.88 bits per heavy atom. The number of amides is 1. The summed E-state index contributed by atoms with van der Waals surface area (Å²) in [6.45, 7) is 6.98. The standard InChI is InChI=1S/C24H27F3N6O/c1-15-6-8-19(22(17(15)3)33-30-10-11-31-33)23(34)32-12-4-5-16(2)20(32)14-29-21-9-7-18(13-28-21)24(25,26)27/h6-11,13,16,20H,4-5,12,14H2,1-3H3,(H,28,29)/t16-,20-/m1/s1. The van der Waals surface area contributed by atoms with Crippen LogP contribution in [0, 0.1) is 19.8 Å². The summed E-state index contributed by atoms with van der Waals surface area (Å²) in [5, 5.41) is 11.6. The summed E-state index contributed by atoms with van der Waals surface area (Å²) in [6.07, 6.45) is 1.36. The number of pyridine rings is 1. The number of nitrogens with one attached hydrogen (secondary N) is 1. The van der Waals surface area contributed by atoms with E-state index in [1.54, 1.807) is 12.4 Å². The van der Waals surface area contributed by atoms with Crippen molar-refractivity contribution in [3.63, 3.8) is 0 Å². The Hall–Kier alpha value is -3.43. The van der Waals surface area contributed by atoms with Crippen LogP contribution in [0.3, 0.4) is 0 Å². The van der Waals surface area contributed by atoms with E-state index in [-0.39, 0.29) is 17.9 Å². The Kier molecular flexibility index (Phi) is 6.58. The van der Waals surface area contributed by atoms with Gasteiger partial charge in [0.1, 0.15) is 11.5 Å². The second kappa shape index (κ2) is 9.44. The number of carbonyl (C=O) groups is 1. The van der Waals surface area contributed by atoms with Gasteiger partial charge in [0.2, 0.25) is 0 Å². The molecule has 4 rings (SSSR count). The van der Waals surface area contributed by atoms with Crippen LogP contribution >= 0.6 is 0 Å². The van der Waals surface area contributed by atoms with Crippen molar-refractivity contribution in [3.8, 4) is 5.69 Å². The van der Waals surface area contributed by atoms with E-state index in [0.717, 1.165) is 36.2 Å². The largest absolute Gasteiger partial charge is 0.417 e. The number of rotatable bonds is 5. The maximum absolute atomic E-state index is 13.8. The van der Waals surface area contributed by atoms with Crippen molar-refractivity contribution in [2.75, 3.05) is 18.4 Å². The third-order valence-electron chi connectivity index (χ3n) is 6.51. The molecule has 1 N–H and O–H groups in total. The average molecular weight is 473 g/mol. The number of hydrogen-bond donors (Lipinski definition) is 1. The van der Waals surface area contributed by atoms with Gasteiger partial charge in [0, 0.05) is 19.3 Å². The summed E-state index contributed by atoms with van der Waals surface area (Å²) >= 11 is 0. The van der Waals surface area contributed by atoms with E-state index in [1.165, 1.54) is 10.9 Å². The van der Waals surface area contributed by atoms with Crippen molar-refractivity contribution in [3.05, 3.63) is 65.1 Å². The number of nitrogens with zero attached hydrogens (tertiary/aromatic N) is 5. The number of piperidine rings is 1. The molecule has 1 aromatic carbocycles. The van der Waals surface area contributed by atoms with Crippen molar-refractivity contribution in [2.24, 2.45) is 5.92 Å². The number of anilines is 1. The number of likely N-dealkylation sites (tertiary alicyclic amines) is 1. The Balaban J connectivity index is 1.58. The van der Waals surface area contributed by atoms with Crippen LogP contribution in [0.5, 0.6) is 0 Å². The minimum Gasteiger partial charge on any atom is -0.368 e. The van der Waals surface area contributed by atoms with Crippen molar-refractivity contribution < 1.29 is 18.0 Å². The van der Waals surface area contributed by atoms with Gasteiger partial charge in [-0.15, -0.1) is 0 Å². The molecule has 1 aliphatic heterocycles. The maximum atomic E-state index is 13.8. The molecule has 1 saturated heterocycles. The second-order valence-corrected chi connectivity index (χ2v) is 8.72. The molecule has 180 valence electrons. The fraction of sp³-hybridized carbons (Fsp3) is 0.417. The molecule has 0 spiro atoms. The zero-order chi connectivity index (χ0) is 24.5. The number of halogens is 3. The number of aromatic nitrogens is 4. The Morgan fingerprint density at radius 1 is 1.15 bits per heavy atom. The smallest absolute Gasteiger partial charge is 0.368 e. The van der Waals surface area contributed by atoms with Crippen molar-refractivity contribution >= 4 is 11.7 Å². The van der Waals surface area contributed by atoms with Gasteiger partial charge in [-0.1, -0.05) is 13.0 Å². The molecule has 3 heterocycles. The summed E-state index contributed by atoms with van der Waals surface area (Å²) in [6, 6.07) is 5.90. The molecule has 2 atom stereocenters. The molecular weight excluding hydrogens is 445 g/mol. The van der Waals surface area contributed by atoms with Crippen LogP contribution in [0.1, 0.15) is 46.8 Å². The topological polar surface area (TPSA) is 75.9 Å². The molecule has 1 amide bonds. The van der Waals surface area contributed by atoms with E-state index in [4.69, 9.17) is 0 Å². The lowest BCUT2D eigenvalue weighted by Crippen LogP contribution is -2.51. The number of carbonyl (C=O) groups excluding carboxylic acids is 1.